The Morgan fingerprint density at radius 1 is 1.09 bits per heavy atom. The second-order valence-electron chi connectivity index (χ2n) is 5.07. The molecule has 4 nitrogen and oxygen atoms in total. The van der Waals surface area contributed by atoms with Gasteiger partial charge in [0.25, 0.3) is 0 Å². The average molecular weight is 308 g/mol. The first kappa shape index (κ1) is 20.2. The molecule has 124 valence electrons. The number of rotatable bonds is 6. The van der Waals surface area contributed by atoms with Crippen LogP contribution in [0, 0.1) is 5.92 Å². The molecule has 1 aromatic rings. The predicted octanol–water partition coefficient (Wildman–Crippen LogP) is 4.16. The number of ether oxygens (including phenoxy) is 2. The highest BCUT2D eigenvalue weighted by molar-refractivity contribution is 5.77. The highest BCUT2D eigenvalue weighted by atomic mass is 16.5. The number of carbonyl (C=O) groups excluding carboxylic acids is 2. The zero-order valence-corrected chi connectivity index (χ0v) is 14.5. The summed E-state index contributed by atoms with van der Waals surface area (Å²) >= 11 is 0. The molecule has 0 aromatic heterocycles. The Balaban J connectivity index is 0.00000211. The topological polar surface area (TPSA) is 52.6 Å². The molecule has 0 fully saturated rings. The molecule has 0 bridgehead atoms. The zero-order valence-electron chi connectivity index (χ0n) is 14.5. The Morgan fingerprint density at radius 3 is 2.23 bits per heavy atom. The standard InChI is InChI=1S/C16H22O4.C2H6/c1-5-12(4)19-15(17)10-13-8-6-7-9-14(13)20-16(18)11(2)3;1-2/h6-9,11-12H,5,10H2,1-4H3;1-2H3. The fourth-order valence-corrected chi connectivity index (χ4v) is 1.48. The van der Waals surface area contributed by atoms with Crippen LogP contribution in [-0.2, 0) is 20.7 Å². The monoisotopic (exact) mass is 308 g/mol. The number of hydrogen-bond donors (Lipinski definition) is 0. The van der Waals surface area contributed by atoms with Crippen LogP contribution in [-0.4, -0.2) is 18.0 Å². The molecule has 0 radical (unpaired) electrons. The summed E-state index contributed by atoms with van der Waals surface area (Å²) < 4.78 is 10.5. The molecule has 0 aliphatic carbocycles. The molecule has 0 aliphatic heterocycles. The second-order valence-corrected chi connectivity index (χ2v) is 5.07. The van der Waals surface area contributed by atoms with Crippen LogP contribution in [0.1, 0.15) is 53.5 Å². The Kier molecular flexibility index (Phi) is 9.92. The third-order valence-corrected chi connectivity index (χ3v) is 2.90. The number of para-hydroxylation sites is 1. The quantitative estimate of drug-likeness (QED) is 0.585. The van der Waals surface area contributed by atoms with Gasteiger partial charge in [0.15, 0.2) is 0 Å². The average Bonchev–Trinajstić information content (AvgIpc) is 2.50. The van der Waals surface area contributed by atoms with Crippen molar-refractivity contribution in [3.63, 3.8) is 0 Å². The predicted molar refractivity (Wildman–Crippen MR) is 87.8 cm³/mol. The first-order chi connectivity index (χ1) is 10.4. The number of hydrogen-bond acceptors (Lipinski definition) is 4. The SMILES string of the molecule is CC.CCC(C)OC(=O)Cc1ccccc1OC(=O)C(C)C. The molecule has 0 amide bonds. The smallest absolute Gasteiger partial charge is 0.313 e. The largest absolute Gasteiger partial charge is 0.462 e. The number of benzene rings is 1. The van der Waals surface area contributed by atoms with Crippen molar-refractivity contribution in [2.24, 2.45) is 5.92 Å². The molecule has 0 N–H and O–H groups in total. The van der Waals surface area contributed by atoms with Crippen molar-refractivity contribution in [3.05, 3.63) is 29.8 Å². The first-order valence-corrected chi connectivity index (χ1v) is 7.93. The van der Waals surface area contributed by atoms with Gasteiger partial charge in [-0.3, -0.25) is 9.59 Å². The van der Waals surface area contributed by atoms with Crippen molar-refractivity contribution < 1.29 is 19.1 Å². The van der Waals surface area contributed by atoms with Gasteiger partial charge in [0.05, 0.1) is 18.4 Å². The van der Waals surface area contributed by atoms with Gasteiger partial charge in [-0.1, -0.05) is 52.8 Å². The van der Waals surface area contributed by atoms with Crippen molar-refractivity contribution >= 4 is 11.9 Å². The van der Waals surface area contributed by atoms with Crippen molar-refractivity contribution in [2.75, 3.05) is 0 Å². The maximum absolute atomic E-state index is 11.8. The summed E-state index contributed by atoms with van der Waals surface area (Å²) in [6.07, 6.45) is 0.773. The first-order valence-electron chi connectivity index (χ1n) is 7.93. The summed E-state index contributed by atoms with van der Waals surface area (Å²) in [6.45, 7) is 11.3. The Labute approximate surface area is 133 Å². The summed E-state index contributed by atoms with van der Waals surface area (Å²) in [5.41, 5.74) is 0.662. The molecule has 0 aliphatic rings. The second kappa shape index (κ2) is 10.8. The molecule has 0 saturated heterocycles. The van der Waals surface area contributed by atoms with Crippen molar-refractivity contribution in [1.82, 2.24) is 0 Å². The molecule has 0 heterocycles. The third-order valence-electron chi connectivity index (χ3n) is 2.90. The summed E-state index contributed by atoms with van der Waals surface area (Å²) in [4.78, 5) is 23.4. The van der Waals surface area contributed by atoms with Gasteiger partial charge in [0.1, 0.15) is 5.75 Å². The molecule has 0 saturated carbocycles. The number of carbonyl (C=O) groups is 2. The maximum Gasteiger partial charge on any atom is 0.313 e. The minimum absolute atomic E-state index is 0.103. The summed E-state index contributed by atoms with van der Waals surface area (Å²) in [5, 5.41) is 0. The van der Waals surface area contributed by atoms with Gasteiger partial charge in [-0.2, -0.15) is 0 Å². The molecule has 1 atom stereocenters. The van der Waals surface area contributed by atoms with E-state index in [1.807, 2.05) is 27.7 Å². The molecule has 1 aromatic carbocycles. The molecule has 1 unspecified atom stereocenters. The lowest BCUT2D eigenvalue weighted by Crippen LogP contribution is -2.18. The van der Waals surface area contributed by atoms with Crippen molar-refractivity contribution in [3.8, 4) is 5.75 Å². The molecule has 1 rings (SSSR count). The van der Waals surface area contributed by atoms with Crippen LogP contribution >= 0.6 is 0 Å². The Morgan fingerprint density at radius 2 is 1.68 bits per heavy atom. The van der Waals surface area contributed by atoms with E-state index in [2.05, 4.69) is 0 Å². The molecular weight excluding hydrogens is 280 g/mol. The van der Waals surface area contributed by atoms with E-state index in [4.69, 9.17) is 9.47 Å². The van der Waals surface area contributed by atoms with Gasteiger partial charge in [-0.25, -0.2) is 0 Å². The fraction of sp³-hybridized carbons (Fsp3) is 0.556. The van der Waals surface area contributed by atoms with Crippen LogP contribution in [0.3, 0.4) is 0 Å². The highest BCUT2D eigenvalue weighted by Gasteiger charge is 2.15. The van der Waals surface area contributed by atoms with E-state index < -0.39 is 0 Å². The lowest BCUT2D eigenvalue weighted by molar-refractivity contribution is -0.147. The van der Waals surface area contributed by atoms with Crippen LogP contribution < -0.4 is 4.74 Å². The van der Waals surface area contributed by atoms with E-state index in [1.54, 1.807) is 38.1 Å². The van der Waals surface area contributed by atoms with Crippen LogP contribution in [0.4, 0.5) is 0 Å². The highest BCUT2D eigenvalue weighted by Crippen LogP contribution is 2.20. The third kappa shape index (κ3) is 7.25. The van der Waals surface area contributed by atoms with E-state index in [0.717, 1.165) is 6.42 Å². The van der Waals surface area contributed by atoms with E-state index in [9.17, 15) is 9.59 Å². The van der Waals surface area contributed by atoms with Crippen LogP contribution in [0.25, 0.3) is 0 Å². The van der Waals surface area contributed by atoms with Gasteiger partial charge < -0.3 is 9.47 Å². The van der Waals surface area contributed by atoms with E-state index in [-0.39, 0.29) is 30.4 Å². The van der Waals surface area contributed by atoms with Gasteiger partial charge in [0.2, 0.25) is 0 Å². The summed E-state index contributed by atoms with van der Waals surface area (Å²) in [7, 11) is 0. The number of esters is 2. The minimum atomic E-state index is -0.313. The lowest BCUT2D eigenvalue weighted by Gasteiger charge is -2.13. The van der Waals surface area contributed by atoms with Gasteiger partial charge >= 0.3 is 11.9 Å². The molecule has 22 heavy (non-hydrogen) atoms. The van der Waals surface area contributed by atoms with Crippen LogP contribution in [0.15, 0.2) is 24.3 Å². The normalized spacial score (nSPS) is 11.2. The Hall–Kier alpha value is -1.84. The van der Waals surface area contributed by atoms with Gasteiger partial charge in [-0.05, 0) is 19.4 Å². The van der Waals surface area contributed by atoms with Crippen LogP contribution in [0.2, 0.25) is 0 Å². The Bertz CT molecular complexity index is 466. The van der Waals surface area contributed by atoms with Crippen molar-refractivity contribution in [1.29, 1.82) is 0 Å². The van der Waals surface area contributed by atoms with Crippen molar-refractivity contribution in [2.45, 2.75) is 60.5 Å². The summed E-state index contributed by atoms with van der Waals surface area (Å²) in [5.74, 6) is -0.414. The van der Waals surface area contributed by atoms with E-state index in [1.165, 1.54) is 0 Å². The summed E-state index contributed by atoms with van der Waals surface area (Å²) in [6, 6.07) is 7.03. The molecule has 4 heteroatoms. The minimum Gasteiger partial charge on any atom is -0.462 e. The fourth-order valence-electron chi connectivity index (χ4n) is 1.48. The molecular formula is C18H28O4. The van der Waals surface area contributed by atoms with E-state index >= 15 is 0 Å². The van der Waals surface area contributed by atoms with E-state index in [0.29, 0.717) is 11.3 Å². The lowest BCUT2D eigenvalue weighted by atomic mass is 10.1. The maximum atomic E-state index is 11.8. The van der Waals surface area contributed by atoms with Gasteiger partial charge in [0, 0.05) is 5.56 Å². The van der Waals surface area contributed by atoms with Crippen LogP contribution in [0.5, 0.6) is 5.75 Å². The van der Waals surface area contributed by atoms with Gasteiger partial charge in [-0.15, -0.1) is 0 Å². The molecule has 0 spiro atoms. The zero-order chi connectivity index (χ0) is 17.1.